The number of nitrogens with zero attached hydrogens (tertiary/aromatic N) is 3. The number of aromatic nitrogens is 2. The summed E-state index contributed by atoms with van der Waals surface area (Å²) in [7, 11) is 0. The molecule has 5 rings (SSSR count). The highest BCUT2D eigenvalue weighted by atomic mass is 32.1. The maximum Gasteiger partial charge on any atom is 0.261 e. The Kier molecular flexibility index (Phi) is 6.41. The summed E-state index contributed by atoms with van der Waals surface area (Å²) in [5.74, 6) is 0.783. The minimum atomic E-state index is -0.00533. The fourth-order valence-corrected chi connectivity index (χ4v) is 6.72. The first-order valence-electron chi connectivity index (χ1n) is 11.3. The minimum absolute atomic E-state index is 0.00533. The molecule has 0 atom stereocenters. The molecule has 1 amide bonds. The summed E-state index contributed by atoms with van der Waals surface area (Å²) in [5.41, 5.74) is 1.01. The number of morpholine rings is 1. The van der Waals surface area contributed by atoms with Gasteiger partial charge in [-0.2, -0.15) is 0 Å². The van der Waals surface area contributed by atoms with Crippen molar-refractivity contribution >= 4 is 44.6 Å². The molecule has 0 spiro atoms. The van der Waals surface area contributed by atoms with Crippen molar-refractivity contribution in [1.29, 1.82) is 0 Å². The molecule has 1 aliphatic carbocycles. The van der Waals surface area contributed by atoms with Crippen LogP contribution in [0.3, 0.4) is 0 Å². The molecule has 9 heteroatoms. The maximum atomic E-state index is 13.3. The lowest BCUT2D eigenvalue weighted by Gasteiger charge is -2.43. The lowest BCUT2D eigenvalue weighted by Crippen LogP contribution is -2.57. The monoisotopic (exact) mass is 471 g/mol. The van der Waals surface area contributed by atoms with Crippen molar-refractivity contribution in [3.8, 4) is 0 Å². The van der Waals surface area contributed by atoms with Gasteiger partial charge in [-0.25, -0.2) is 9.97 Å². The van der Waals surface area contributed by atoms with Crippen molar-refractivity contribution in [2.45, 2.75) is 44.7 Å². The molecule has 7 nitrogen and oxygen atoms in total. The van der Waals surface area contributed by atoms with Gasteiger partial charge in [0.1, 0.15) is 17.0 Å². The predicted molar refractivity (Wildman–Crippen MR) is 130 cm³/mol. The molecule has 4 heterocycles. The highest BCUT2D eigenvalue weighted by Gasteiger charge is 2.40. The van der Waals surface area contributed by atoms with Gasteiger partial charge in [-0.05, 0) is 36.8 Å². The number of carbonyl (C=O) groups excluding carboxylic acids is 1. The fourth-order valence-electron chi connectivity index (χ4n) is 5.01. The van der Waals surface area contributed by atoms with E-state index >= 15 is 0 Å². The maximum absolute atomic E-state index is 13.3. The first-order valence-corrected chi connectivity index (χ1v) is 13.0. The molecule has 1 aliphatic heterocycles. The Morgan fingerprint density at radius 3 is 2.81 bits per heavy atom. The average Bonchev–Trinajstić information content (AvgIpc) is 3.58. The number of hydrogen-bond donors (Lipinski definition) is 2. The van der Waals surface area contributed by atoms with Crippen LogP contribution in [0.15, 0.2) is 23.8 Å². The largest absolute Gasteiger partial charge is 0.379 e. The lowest BCUT2D eigenvalue weighted by molar-refractivity contribution is -0.0199. The minimum Gasteiger partial charge on any atom is -0.379 e. The van der Waals surface area contributed by atoms with E-state index in [0.717, 1.165) is 65.6 Å². The molecule has 2 fully saturated rings. The van der Waals surface area contributed by atoms with Crippen LogP contribution in [-0.2, 0) is 11.3 Å². The van der Waals surface area contributed by atoms with Crippen LogP contribution in [0.1, 0.15) is 45.8 Å². The highest BCUT2D eigenvalue weighted by Crippen LogP contribution is 2.36. The summed E-state index contributed by atoms with van der Waals surface area (Å²) >= 11 is 3.16. The Morgan fingerprint density at radius 1 is 1.25 bits per heavy atom. The summed E-state index contributed by atoms with van der Waals surface area (Å²) in [4.78, 5) is 27.5. The molecule has 1 saturated carbocycles. The van der Waals surface area contributed by atoms with E-state index in [1.54, 1.807) is 17.7 Å². The van der Waals surface area contributed by atoms with E-state index in [1.807, 2.05) is 13.0 Å². The van der Waals surface area contributed by atoms with Gasteiger partial charge in [-0.1, -0.05) is 18.9 Å². The second-order valence-electron chi connectivity index (χ2n) is 8.61. The van der Waals surface area contributed by atoms with Gasteiger partial charge >= 0.3 is 0 Å². The molecule has 0 aromatic carbocycles. The molecule has 0 radical (unpaired) electrons. The van der Waals surface area contributed by atoms with E-state index in [2.05, 4.69) is 36.9 Å². The second-order valence-corrected chi connectivity index (χ2v) is 10.6. The summed E-state index contributed by atoms with van der Waals surface area (Å²) in [6.07, 6.45) is 6.30. The van der Waals surface area contributed by atoms with Crippen molar-refractivity contribution in [1.82, 2.24) is 20.2 Å². The quantitative estimate of drug-likeness (QED) is 0.541. The molecule has 2 N–H and O–H groups in total. The number of aryl methyl sites for hydroxylation is 1. The molecular weight excluding hydrogens is 442 g/mol. The zero-order valence-corrected chi connectivity index (χ0v) is 20.0. The number of thiophene rings is 2. The molecule has 1 saturated heterocycles. The summed E-state index contributed by atoms with van der Waals surface area (Å²) in [6, 6.07) is 4.15. The van der Waals surface area contributed by atoms with E-state index in [1.165, 1.54) is 29.1 Å². The Bertz CT molecular complexity index is 1070. The van der Waals surface area contributed by atoms with Gasteiger partial charge in [-0.3, -0.25) is 9.69 Å². The van der Waals surface area contributed by atoms with Crippen LogP contribution in [0.5, 0.6) is 0 Å². The van der Waals surface area contributed by atoms with Crippen LogP contribution in [0, 0.1) is 6.92 Å². The van der Waals surface area contributed by atoms with Gasteiger partial charge in [-0.15, -0.1) is 22.7 Å². The van der Waals surface area contributed by atoms with Crippen molar-refractivity contribution in [3.05, 3.63) is 39.2 Å². The number of nitrogens with one attached hydrogen (secondary N) is 2. The normalized spacial score (nSPS) is 18.8. The van der Waals surface area contributed by atoms with Crippen LogP contribution >= 0.6 is 22.7 Å². The van der Waals surface area contributed by atoms with Crippen LogP contribution in [0.2, 0.25) is 0 Å². The van der Waals surface area contributed by atoms with Gasteiger partial charge < -0.3 is 15.4 Å². The third-order valence-corrected chi connectivity index (χ3v) is 8.81. The topological polar surface area (TPSA) is 79.4 Å². The van der Waals surface area contributed by atoms with Gasteiger partial charge in [0.15, 0.2) is 0 Å². The molecular formula is C23H29N5O2S2. The van der Waals surface area contributed by atoms with Crippen molar-refractivity contribution in [3.63, 3.8) is 0 Å². The Balaban J connectivity index is 1.33. The summed E-state index contributed by atoms with van der Waals surface area (Å²) in [6.45, 7) is 6.87. The first-order chi connectivity index (χ1) is 15.7. The number of fused-ring (bicyclic) bond motifs is 1. The zero-order chi connectivity index (χ0) is 22.0. The third-order valence-electron chi connectivity index (χ3n) is 6.74. The number of anilines is 1. The number of amides is 1. The highest BCUT2D eigenvalue weighted by molar-refractivity contribution is 7.20. The van der Waals surface area contributed by atoms with E-state index in [9.17, 15) is 4.79 Å². The number of ether oxygens (including phenoxy) is 1. The Morgan fingerprint density at radius 2 is 2.06 bits per heavy atom. The molecule has 32 heavy (non-hydrogen) atoms. The lowest BCUT2D eigenvalue weighted by atomic mass is 9.94. The SMILES string of the molecule is Cc1c(C(=O)NCC2(N3CCOCC3)CCCC2)sc2ncnc(NCc3cccs3)c12. The van der Waals surface area contributed by atoms with E-state index < -0.39 is 0 Å². The van der Waals surface area contributed by atoms with Gasteiger partial charge in [0, 0.05) is 30.1 Å². The fraction of sp³-hybridized carbons (Fsp3) is 0.522. The van der Waals surface area contributed by atoms with Crippen LogP contribution in [-0.4, -0.2) is 59.2 Å². The summed E-state index contributed by atoms with van der Waals surface area (Å²) in [5, 5.41) is 9.72. The van der Waals surface area contributed by atoms with Crippen LogP contribution in [0.25, 0.3) is 10.2 Å². The van der Waals surface area contributed by atoms with Crippen molar-refractivity contribution < 1.29 is 9.53 Å². The van der Waals surface area contributed by atoms with Gasteiger partial charge in [0.25, 0.3) is 5.91 Å². The standard InChI is InChI=1S/C23H29N5O2S2/c1-16-18-20(24-13-17-5-4-12-31-17)26-15-27-22(18)32-19(16)21(29)25-14-23(6-2-3-7-23)28-8-10-30-11-9-28/h4-5,12,15H,2-3,6-11,13-14H2,1H3,(H,25,29)(H,24,26,27). The number of carbonyl (C=O) groups is 1. The molecule has 3 aromatic heterocycles. The molecule has 170 valence electrons. The number of hydrogen-bond acceptors (Lipinski definition) is 8. The van der Waals surface area contributed by atoms with E-state index in [0.29, 0.717) is 13.1 Å². The van der Waals surface area contributed by atoms with Crippen molar-refractivity contribution in [2.24, 2.45) is 0 Å². The molecule has 0 unspecified atom stereocenters. The average molecular weight is 472 g/mol. The smallest absolute Gasteiger partial charge is 0.261 e. The van der Waals surface area contributed by atoms with E-state index in [4.69, 9.17) is 4.74 Å². The van der Waals surface area contributed by atoms with E-state index in [-0.39, 0.29) is 11.4 Å². The second kappa shape index (κ2) is 9.43. The molecule has 0 bridgehead atoms. The van der Waals surface area contributed by atoms with Gasteiger partial charge in [0.05, 0.1) is 30.0 Å². The predicted octanol–water partition coefficient (Wildman–Crippen LogP) is 4.05. The van der Waals surface area contributed by atoms with Crippen molar-refractivity contribution in [2.75, 3.05) is 38.2 Å². The van der Waals surface area contributed by atoms with Crippen LogP contribution in [0.4, 0.5) is 5.82 Å². The Labute approximate surface area is 196 Å². The molecule has 2 aliphatic rings. The first kappa shape index (κ1) is 21.8. The third kappa shape index (κ3) is 4.26. The number of rotatable bonds is 7. The zero-order valence-electron chi connectivity index (χ0n) is 18.4. The van der Waals surface area contributed by atoms with Crippen LogP contribution < -0.4 is 10.6 Å². The molecule has 3 aromatic rings. The Hall–Kier alpha value is -2.07. The summed E-state index contributed by atoms with van der Waals surface area (Å²) < 4.78 is 5.56. The van der Waals surface area contributed by atoms with Gasteiger partial charge in [0.2, 0.25) is 0 Å².